The number of nitrogens with two attached hydrogens (primary N) is 1. The monoisotopic (exact) mass is 305 g/mol. The number of hydrogen-bond donors (Lipinski definition) is 2. The van der Waals surface area contributed by atoms with Gasteiger partial charge in [-0.15, -0.1) is 11.3 Å². The molecule has 0 saturated carbocycles. The van der Waals surface area contributed by atoms with Crippen LogP contribution in [0.25, 0.3) is 0 Å². The fraction of sp³-hybridized carbons (Fsp3) is 0.636. The van der Waals surface area contributed by atoms with Crippen molar-refractivity contribution < 1.29 is 13.2 Å². The largest absolute Gasteiger partial charge is 0.349 e. The van der Waals surface area contributed by atoms with Crippen molar-refractivity contribution in [2.24, 2.45) is 5.73 Å². The van der Waals surface area contributed by atoms with Crippen molar-refractivity contribution in [3.63, 3.8) is 0 Å². The van der Waals surface area contributed by atoms with E-state index < -0.39 is 14.6 Å². The number of carbonyl (C=O) groups is 1. The van der Waals surface area contributed by atoms with Gasteiger partial charge < -0.3 is 11.1 Å². The summed E-state index contributed by atoms with van der Waals surface area (Å²) in [5.41, 5.74) is 5.93. The molecule has 1 amide bonds. The third kappa shape index (κ3) is 3.99. The first-order valence-electron chi connectivity index (χ1n) is 5.73. The van der Waals surface area contributed by atoms with Crippen LogP contribution in [0.15, 0.2) is 5.38 Å². The third-order valence-electron chi connectivity index (χ3n) is 2.82. The molecule has 0 aliphatic rings. The van der Waals surface area contributed by atoms with Gasteiger partial charge in [0.2, 0.25) is 0 Å². The molecule has 0 radical (unpaired) electrons. The molecule has 6 nitrogen and oxygen atoms in total. The lowest BCUT2D eigenvalue weighted by Gasteiger charge is -2.22. The van der Waals surface area contributed by atoms with E-state index in [0.717, 1.165) is 6.26 Å². The summed E-state index contributed by atoms with van der Waals surface area (Å²) in [4.78, 5) is 16.0. The van der Waals surface area contributed by atoms with Gasteiger partial charge in [0.25, 0.3) is 5.91 Å². The fourth-order valence-electron chi connectivity index (χ4n) is 1.12. The molecule has 3 N–H and O–H groups in total. The first-order valence-corrected chi connectivity index (χ1v) is 8.50. The topological polar surface area (TPSA) is 102 Å². The zero-order valence-electron chi connectivity index (χ0n) is 11.4. The zero-order valence-corrected chi connectivity index (χ0v) is 13.1. The number of aromatic nitrogens is 1. The van der Waals surface area contributed by atoms with Crippen LogP contribution < -0.4 is 11.1 Å². The molecule has 0 saturated heterocycles. The van der Waals surface area contributed by atoms with Crippen molar-refractivity contribution in [1.82, 2.24) is 10.3 Å². The summed E-state index contributed by atoms with van der Waals surface area (Å²) < 4.78 is 22.0. The Hall–Kier alpha value is -0.990. The van der Waals surface area contributed by atoms with Crippen LogP contribution >= 0.6 is 11.3 Å². The molecule has 1 aromatic rings. The average Bonchev–Trinajstić information content (AvgIpc) is 2.73. The Bertz CT molecular complexity index is 561. The molecule has 0 spiro atoms. The van der Waals surface area contributed by atoms with Gasteiger partial charge >= 0.3 is 0 Å². The molecule has 19 heavy (non-hydrogen) atoms. The summed E-state index contributed by atoms with van der Waals surface area (Å²) >= 11 is 1.31. The van der Waals surface area contributed by atoms with E-state index in [1.165, 1.54) is 11.3 Å². The standard InChI is InChI=1S/C11H19N3O3S2/c1-7(12)10-14-8(5-18-10)9(15)13-6-11(2,3)19(4,16)17/h5,7H,6,12H2,1-4H3,(H,13,15). The molecular weight excluding hydrogens is 286 g/mol. The molecule has 1 unspecified atom stereocenters. The van der Waals surface area contributed by atoms with E-state index in [1.807, 2.05) is 0 Å². The molecule has 0 fully saturated rings. The lowest BCUT2D eigenvalue weighted by Crippen LogP contribution is -2.43. The number of rotatable bonds is 5. The van der Waals surface area contributed by atoms with E-state index in [9.17, 15) is 13.2 Å². The second-order valence-electron chi connectivity index (χ2n) is 5.07. The summed E-state index contributed by atoms with van der Waals surface area (Å²) in [7, 11) is -3.24. The van der Waals surface area contributed by atoms with E-state index in [0.29, 0.717) is 5.01 Å². The van der Waals surface area contributed by atoms with Crippen LogP contribution in [0.1, 0.15) is 42.3 Å². The predicted molar refractivity (Wildman–Crippen MR) is 76.0 cm³/mol. The van der Waals surface area contributed by atoms with Gasteiger partial charge in [-0.2, -0.15) is 0 Å². The molecular formula is C11H19N3O3S2. The quantitative estimate of drug-likeness (QED) is 0.834. The summed E-state index contributed by atoms with van der Waals surface area (Å²) in [5.74, 6) is -0.389. The molecule has 1 aromatic heterocycles. The summed E-state index contributed by atoms with van der Waals surface area (Å²) in [6.45, 7) is 4.96. The number of sulfone groups is 1. The smallest absolute Gasteiger partial charge is 0.270 e. The zero-order chi connectivity index (χ0) is 14.8. The van der Waals surface area contributed by atoms with Crippen LogP contribution in [0.4, 0.5) is 0 Å². The van der Waals surface area contributed by atoms with Gasteiger partial charge in [0, 0.05) is 18.2 Å². The number of carbonyl (C=O) groups excluding carboxylic acids is 1. The first kappa shape index (κ1) is 16.1. The van der Waals surface area contributed by atoms with Gasteiger partial charge in [0.1, 0.15) is 10.7 Å². The minimum Gasteiger partial charge on any atom is -0.349 e. The Morgan fingerprint density at radius 1 is 1.58 bits per heavy atom. The maximum absolute atomic E-state index is 11.9. The molecule has 1 rings (SSSR count). The Kier molecular flexibility index (Phi) is 4.70. The maximum Gasteiger partial charge on any atom is 0.270 e. The van der Waals surface area contributed by atoms with Crippen LogP contribution in [-0.4, -0.2) is 36.9 Å². The second kappa shape index (κ2) is 5.56. The molecule has 8 heteroatoms. The van der Waals surface area contributed by atoms with E-state index in [2.05, 4.69) is 10.3 Å². The van der Waals surface area contributed by atoms with Gasteiger partial charge in [0.15, 0.2) is 9.84 Å². The molecule has 0 aliphatic carbocycles. The highest BCUT2D eigenvalue weighted by Gasteiger charge is 2.30. The normalized spacial score (nSPS) is 14.2. The van der Waals surface area contributed by atoms with Crippen LogP contribution in [0.5, 0.6) is 0 Å². The SMILES string of the molecule is CC(N)c1nc(C(=O)NCC(C)(C)S(C)(=O)=O)cs1. The van der Waals surface area contributed by atoms with Gasteiger partial charge in [-0.1, -0.05) is 0 Å². The van der Waals surface area contributed by atoms with E-state index in [1.54, 1.807) is 26.2 Å². The fourth-order valence-corrected chi connectivity index (χ4v) is 2.21. The van der Waals surface area contributed by atoms with Crippen molar-refractivity contribution in [3.8, 4) is 0 Å². The van der Waals surface area contributed by atoms with E-state index >= 15 is 0 Å². The first-order chi connectivity index (χ1) is 8.54. The molecule has 1 heterocycles. The highest BCUT2D eigenvalue weighted by Crippen LogP contribution is 2.17. The minimum absolute atomic E-state index is 0.0374. The van der Waals surface area contributed by atoms with Crippen LogP contribution in [-0.2, 0) is 9.84 Å². The van der Waals surface area contributed by atoms with E-state index in [-0.39, 0.29) is 24.2 Å². The number of nitrogens with zero attached hydrogens (tertiary/aromatic N) is 1. The third-order valence-corrected chi connectivity index (χ3v) is 6.02. The highest BCUT2D eigenvalue weighted by atomic mass is 32.2. The van der Waals surface area contributed by atoms with Gasteiger partial charge in [-0.3, -0.25) is 4.79 Å². The number of hydrogen-bond acceptors (Lipinski definition) is 6. The highest BCUT2D eigenvalue weighted by molar-refractivity contribution is 7.92. The summed E-state index contributed by atoms with van der Waals surface area (Å²) in [6.07, 6.45) is 1.15. The minimum atomic E-state index is -3.24. The summed E-state index contributed by atoms with van der Waals surface area (Å²) in [6, 6.07) is -0.223. The lowest BCUT2D eigenvalue weighted by molar-refractivity contribution is 0.0946. The van der Waals surface area contributed by atoms with Crippen molar-refractivity contribution in [2.75, 3.05) is 12.8 Å². The second-order valence-corrected chi connectivity index (χ2v) is 8.61. The molecule has 0 aromatic carbocycles. The van der Waals surface area contributed by atoms with Crippen molar-refractivity contribution in [1.29, 1.82) is 0 Å². The Morgan fingerprint density at radius 3 is 2.58 bits per heavy atom. The number of thiazole rings is 1. The molecule has 0 bridgehead atoms. The molecule has 1 atom stereocenters. The maximum atomic E-state index is 11.9. The van der Waals surface area contributed by atoms with Crippen molar-refractivity contribution in [3.05, 3.63) is 16.1 Å². The predicted octanol–water partition coefficient (Wildman–Crippen LogP) is 0.716. The van der Waals surface area contributed by atoms with E-state index in [4.69, 9.17) is 5.73 Å². The summed E-state index contributed by atoms with van der Waals surface area (Å²) in [5, 5.41) is 4.87. The number of amides is 1. The van der Waals surface area contributed by atoms with Gasteiger partial charge in [-0.05, 0) is 20.8 Å². The van der Waals surface area contributed by atoms with Crippen LogP contribution in [0, 0.1) is 0 Å². The van der Waals surface area contributed by atoms with Gasteiger partial charge in [0.05, 0.1) is 10.8 Å². The van der Waals surface area contributed by atoms with Crippen molar-refractivity contribution >= 4 is 27.1 Å². The Labute approximate surface area is 117 Å². The Balaban J connectivity index is 2.71. The van der Waals surface area contributed by atoms with Crippen LogP contribution in [0.2, 0.25) is 0 Å². The number of nitrogens with one attached hydrogen (secondary N) is 1. The Morgan fingerprint density at radius 2 is 2.16 bits per heavy atom. The van der Waals surface area contributed by atoms with Crippen molar-refractivity contribution in [2.45, 2.75) is 31.6 Å². The average molecular weight is 305 g/mol. The molecule has 0 aliphatic heterocycles. The lowest BCUT2D eigenvalue weighted by atomic mass is 10.2. The van der Waals surface area contributed by atoms with Crippen LogP contribution in [0.3, 0.4) is 0 Å². The van der Waals surface area contributed by atoms with Gasteiger partial charge in [-0.25, -0.2) is 13.4 Å². The molecule has 108 valence electrons.